The molecule has 1 aliphatic heterocycles. The Labute approximate surface area is 204 Å². The number of amides is 2. The summed E-state index contributed by atoms with van der Waals surface area (Å²) in [6.07, 6.45) is 0.833. The number of rotatable bonds is 8. The molecule has 0 bridgehead atoms. The smallest absolute Gasteiger partial charge is 0.238 e. The lowest BCUT2D eigenvalue weighted by molar-refractivity contribution is -0.129. The van der Waals surface area contributed by atoms with Crippen LogP contribution in [0.15, 0.2) is 89.9 Å². The molecule has 0 radical (unpaired) electrons. The molecule has 1 unspecified atom stereocenters. The van der Waals surface area contributed by atoms with Gasteiger partial charge in [-0.25, -0.2) is 4.99 Å². The molecule has 1 saturated heterocycles. The molecular weight excluding hydrogens is 446 g/mol. The van der Waals surface area contributed by atoms with Crippen molar-refractivity contribution in [3.05, 3.63) is 90.5 Å². The van der Waals surface area contributed by atoms with Crippen LogP contribution >= 0.6 is 11.8 Å². The van der Waals surface area contributed by atoms with E-state index in [4.69, 9.17) is 9.73 Å². The molecule has 0 spiro atoms. The second-order valence-corrected chi connectivity index (χ2v) is 8.94. The Kier molecular flexibility index (Phi) is 7.99. The Morgan fingerprint density at radius 1 is 1.03 bits per heavy atom. The van der Waals surface area contributed by atoms with Crippen LogP contribution in [0.1, 0.15) is 18.9 Å². The van der Waals surface area contributed by atoms with Gasteiger partial charge < -0.3 is 10.1 Å². The number of ether oxygens (including phenoxy) is 1. The predicted molar refractivity (Wildman–Crippen MR) is 138 cm³/mol. The summed E-state index contributed by atoms with van der Waals surface area (Å²) in [6, 6.07) is 26.7. The van der Waals surface area contributed by atoms with Gasteiger partial charge in [-0.3, -0.25) is 14.5 Å². The summed E-state index contributed by atoms with van der Waals surface area (Å²) in [4.78, 5) is 32.6. The Bertz CT molecular complexity index is 1130. The van der Waals surface area contributed by atoms with Crippen LogP contribution in [0.3, 0.4) is 0 Å². The van der Waals surface area contributed by atoms with Gasteiger partial charge in [0.15, 0.2) is 5.17 Å². The molecule has 2 amide bonds. The van der Waals surface area contributed by atoms with Crippen molar-refractivity contribution in [2.24, 2.45) is 4.99 Å². The first-order valence-corrected chi connectivity index (χ1v) is 12.2. The molecule has 4 rings (SSSR count). The van der Waals surface area contributed by atoms with Crippen molar-refractivity contribution in [3.8, 4) is 5.75 Å². The molecule has 1 fully saturated rings. The third kappa shape index (κ3) is 6.26. The number of aliphatic imine (C=N–C) groups is 1. The van der Waals surface area contributed by atoms with E-state index in [2.05, 4.69) is 5.32 Å². The average molecular weight is 474 g/mol. The first kappa shape index (κ1) is 23.6. The van der Waals surface area contributed by atoms with E-state index in [-0.39, 0.29) is 18.2 Å². The molecule has 0 aliphatic carbocycles. The van der Waals surface area contributed by atoms with E-state index in [1.807, 2.05) is 79.7 Å². The molecule has 0 aromatic heterocycles. The van der Waals surface area contributed by atoms with Gasteiger partial charge in [-0.1, -0.05) is 60.3 Å². The molecule has 1 atom stereocenters. The van der Waals surface area contributed by atoms with Crippen LogP contribution in [0.25, 0.3) is 0 Å². The van der Waals surface area contributed by atoms with E-state index in [0.29, 0.717) is 30.4 Å². The van der Waals surface area contributed by atoms with Gasteiger partial charge >= 0.3 is 0 Å². The standard InChI is InChI=1S/C27H27N3O3S/c1-2-33-23-15-13-22(14-16-23)28-26(32)24-19-25(31)30(18-17-20-9-5-3-6-10-20)27(34-24)29-21-11-7-4-8-12-21/h3-16,24H,2,17-19H2,1H3,(H,28,32). The summed E-state index contributed by atoms with van der Waals surface area (Å²) < 4.78 is 5.45. The van der Waals surface area contributed by atoms with Crippen LogP contribution in [-0.2, 0) is 16.0 Å². The van der Waals surface area contributed by atoms with E-state index in [9.17, 15) is 9.59 Å². The maximum Gasteiger partial charge on any atom is 0.238 e. The normalized spacial score (nSPS) is 17.0. The summed E-state index contributed by atoms with van der Waals surface area (Å²) >= 11 is 1.33. The quantitative estimate of drug-likeness (QED) is 0.483. The van der Waals surface area contributed by atoms with E-state index >= 15 is 0 Å². The Morgan fingerprint density at radius 2 is 1.71 bits per heavy atom. The number of hydrogen-bond donors (Lipinski definition) is 1. The number of para-hydroxylation sites is 1. The molecular formula is C27H27N3O3S. The van der Waals surface area contributed by atoms with Crippen molar-refractivity contribution in [1.29, 1.82) is 0 Å². The summed E-state index contributed by atoms with van der Waals surface area (Å²) in [5.41, 5.74) is 2.55. The lowest BCUT2D eigenvalue weighted by Gasteiger charge is -2.32. The zero-order valence-electron chi connectivity index (χ0n) is 19.0. The Morgan fingerprint density at radius 3 is 2.38 bits per heavy atom. The van der Waals surface area contributed by atoms with E-state index in [1.165, 1.54) is 11.8 Å². The molecule has 6 nitrogen and oxygen atoms in total. The molecule has 1 aliphatic rings. The van der Waals surface area contributed by atoms with Gasteiger partial charge in [0.1, 0.15) is 11.0 Å². The van der Waals surface area contributed by atoms with Crippen molar-refractivity contribution in [3.63, 3.8) is 0 Å². The van der Waals surface area contributed by atoms with E-state index < -0.39 is 5.25 Å². The van der Waals surface area contributed by atoms with Gasteiger partial charge in [-0.05, 0) is 55.3 Å². The van der Waals surface area contributed by atoms with Crippen LogP contribution in [0.4, 0.5) is 11.4 Å². The number of hydrogen-bond acceptors (Lipinski definition) is 5. The van der Waals surface area contributed by atoms with Crippen molar-refractivity contribution in [1.82, 2.24) is 4.90 Å². The number of thioether (sulfide) groups is 1. The van der Waals surface area contributed by atoms with Crippen LogP contribution in [-0.4, -0.2) is 40.3 Å². The Hall–Kier alpha value is -3.58. The summed E-state index contributed by atoms with van der Waals surface area (Å²) in [5, 5.41) is 2.90. The Balaban J connectivity index is 1.50. The van der Waals surface area contributed by atoms with Crippen molar-refractivity contribution in [2.75, 3.05) is 18.5 Å². The molecule has 1 N–H and O–H groups in total. The fraction of sp³-hybridized carbons (Fsp3) is 0.222. The highest BCUT2D eigenvalue weighted by molar-refractivity contribution is 8.15. The number of anilines is 1. The van der Waals surface area contributed by atoms with Gasteiger partial charge in [0, 0.05) is 18.7 Å². The number of nitrogens with one attached hydrogen (secondary N) is 1. The maximum atomic E-state index is 13.1. The minimum absolute atomic E-state index is 0.101. The minimum atomic E-state index is -0.561. The van der Waals surface area contributed by atoms with Crippen molar-refractivity contribution in [2.45, 2.75) is 25.0 Å². The monoisotopic (exact) mass is 473 g/mol. The van der Waals surface area contributed by atoms with Gasteiger partial charge in [0.2, 0.25) is 11.8 Å². The topological polar surface area (TPSA) is 71.0 Å². The molecule has 3 aromatic rings. The lowest BCUT2D eigenvalue weighted by Crippen LogP contribution is -2.46. The number of carbonyl (C=O) groups is 2. The number of amidine groups is 1. The van der Waals surface area contributed by atoms with Gasteiger partial charge in [0.25, 0.3) is 0 Å². The average Bonchev–Trinajstić information content (AvgIpc) is 2.86. The fourth-order valence-corrected chi connectivity index (χ4v) is 4.71. The highest BCUT2D eigenvalue weighted by atomic mass is 32.2. The summed E-state index contributed by atoms with van der Waals surface area (Å²) in [5.74, 6) is 0.427. The molecule has 7 heteroatoms. The molecule has 1 heterocycles. The first-order valence-electron chi connectivity index (χ1n) is 11.3. The summed E-state index contributed by atoms with van der Waals surface area (Å²) in [6.45, 7) is 3.01. The molecule has 174 valence electrons. The van der Waals surface area contributed by atoms with Crippen LogP contribution in [0, 0.1) is 0 Å². The highest BCUT2D eigenvalue weighted by Gasteiger charge is 2.35. The first-order chi connectivity index (χ1) is 16.6. The van der Waals surface area contributed by atoms with Crippen LogP contribution < -0.4 is 10.1 Å². The highest BCUT2D eigenvalue weighted by Crippen LogP contribution is 2.30. The van der Waals surface area contributed by atoms with Crippen molar-refractivity contribution >= 4 is 40.1 Å². The molecule has 3 aromatic carbocycles. The second-order valence-electron chi connectivity index (χ2n) is 7.77. The predicted octanol–water partition coefficient (Wildman–Crippen LogP) is 5.29. The summed E-state index contributed by atoms with van der Waals surface area (Å²) in [7, 11) is 0. The lowest BCUT2D eigenvalue weighted by atomic mass is 10.1. The van der Waals surface area contributed by atoms with Gasteiger partial charge in [-0.2, -0.15) is 0 Å². The zero-order chi connectivity index (χ0) is 23.8. The maximum absolute atomic E-state index is 13.1. The number of benzene rings is 3. The number of carbonyl (C=O) groups excluding carboxylic acids is 2. The van der Waals surface area contributed by atoms with E-state index in [0.717, 1.165) is 17.0 Å². The largest absolute Gasteiger partial charge is 0.494 e. The third-order valence-electron chi connectivity index (χ3n) is 5.31. The third-order valence-corrected chi connectivity index (χ3v) is 6.50. The van der Waals surface area contributed by atoms with E-state index in [1.54, 1.807) is 17.0 Å². The van der Waals surface area contributed by atoms with Crippen LogP contribution in [0.2, 0.25) is 0 Å². The van der Waals surface area contributed by atoms with Crippen LogP contribution in [0.5, 0.6) is 5.75 Å². The number of nitrogens with zero attached hydrogens (tertiary/aromatic N) is 2. The fourth-order valence-electron chi connectivity index (χ4n) is 3.58. The van der Waals surface area contributed by atoms with Gasteiger partial charge in [-0.15, -0.1) is 0 Å². The SMILES string of the molecule is CCOc1ccc(NC(=O)C2CC(=O)N(CCc3ccccc3)C(=Nc3ccccc3)S2)cc1. The molecule has 0 saturated carbocycles. The van der Waals surface area contributed by atoms with Gasteiger partial charge in [0.05, 0.1) is 12.3 Å². The zero-order valence-corrected chi connectivity index (χ0v) is 19.8. The minimum Gasteiger partial charge on any atom is -0.494 e. The molecule has 34 heavy (non-hydrogen) atoms. The van der Waals surface area contributed by atoms with Crippen molar-refractivity contribution < 1.29 is 14.3 Å². The second kappa shape index (κ2) is 11.5.